The molecule has 1 aliphatic rings. The lowest BCUT2D eigenvalue weighted by molar-refractivity contribution is -0.121. The second kappa shape index (κ2) is 8.99. The molecule has 1 aliphatic heterocycles. The van der Waals surface area contributed by atoms with Crippen LogP contribution in [0.15, 0.2) is 41.3 Å². The fraction of sp³-hybridized carbons (Fsp3) is 0.238. The summed E-state index contributed by atoms with van der Waals surface area (Å²) in [7, 11) is 1.67. The van der Waals surface area contributed by atoms with E-state index >= 15 is 0 Å². The van der Waals surface area contributed by atoms with Gasteiger partial charge in [0.25, 0.3) is 5.91 Å². The summed E-state index contributed by atoms with van der Waals surface area (Å²) in [6, 6.07) is 11.6. The van der Waals surface area contributed by atoms with E-state index in [-0.39, 0.29) is 5.91 Å². The highest BCUT2D eigenvalue weighted by Crippen LogP contribution is 2.39. The number of carbonyl (C=O) groups is 1. The van der Waals surface area contributed by atoms with Crippen molar-refractivity contribution in [2.75, 3.05) is 13.7 Å². The van der Waals surface area contributed by atoms with Crippen LogP contribution in [0.25, 0.3) is 6.08 Å². The van der Waals surface area contributed by atoms with E-state index in [1.54, 1.807) is 19.2 Å². The van der Waals surface area contributed by atoms with Crippen LogP contribution in [0.1, 0.15) is 23.6 Å². The number of halogens is 1. The molecule has 0 atom stereocenters. The van der Waals surface area contributed by atoms with Crippen molar-refractivity contribution in [1.29, 1.82) is 0 Å². The second-order valence-electron chi connectivity index (χ2n) is 6.22. The highest BCUT2D eigenvalue weighted by molar-refractivity contribution is 8.26. The molecule has 0 aromatic heterocycles. The Morgan fingerprint density at radius 3 is 2.64 bits per heavy atom. The van der Waals surface area contributed by atoms with Gasteiger partial charge in [-0.05, 0) is 48.7 Å². The molecule has 1 amide bonds. The Hall–Kier alpha value is -2.02. The molecule has 3 rings (SSSR count). The third-order valence-corrected chi connectivity index (χ3v) is 6.01. The van der Waals surface area contributed by atoms with E-state index in [4.69, 9.17) is 33.3 Å². The van der Waals surface area contributed by atoms with Gasteiger partial charge in [0, 0.05) is 7.05 Å². The molecule has 1 heterocycles. The lowest BCUT2D eigenvalue weighted by Gasteiger charge is -2.15. The van der Waals surface area contributed by atoms with Gasteiger partial charge in [-0.2, -0.15) is 0 Å². The van der Waals surface area contributed by atoms with E-state index in [1.165, 1.54) is 16.7 Å². The van der Waals surface area contributed by atoms with Crippen LogP contribution >= 0.6 is 35.6 Å². The van der Waals surface area contributed by atoms with Gasteiger partial charge in [-0.3, -0.25) is 9.69 Å². The lowest BCUT2D eigenvalue weighted by atomic mass is 10.1. The average Bonchev–Trinajstić information content (AvgIpc) is 2.89. The molecule has 2 aromatic carbocycles. The van der Waals surface area contributed by atoms with Gasteiger partial charge < -0.3 is 9.47 Å². The van der Waals surface area contributed by atoms with Gasteiger partial charge in [0.15, 0.2) is 11.5 Å². The fourth-order valence-electron chi connectivity index (χ4n) is 2.69. The summed E-state index contributed by atoms with van der Waals surface area (Å²) in [4.78, 5) is 14.2. The Morgan fingerprint density at radius 1 is 1.25 bits per heavy atom. The molecule has 0 N–H and O–H groups in total. The predicted molar refractivity (Wildman–Crippen MR) is 119 cm³/mol. The molecule has 1 fully saturated rings. The van der Waals surface area contributed by atoms with E-state index in [0.717, 1.165) is 16.7 Å². The van der Waals surface area contributed by atoms with Crippen molar-refractivity contribution in [3.63, 3.8) is 0 Å². The van der Waals surface area contributed by atoms with Crippen LogP contribution in [0.3, 0.4) is 0 Å². The number of likely N-dealkylation sites (N-methyl/N-ethyl adjacent to an activating group) is 1. The minimum atomic E-state index is -0.121. The first kappa shape index (κ1) is 20.7. The minimum Gasteiger partial charge on any atom is -0.490 e. The van der Waals surface area contributed by atoms with Crippen LogP contribution in [0.5, 0.6) is 11.5 Å². The van der Waals surface area contributed by atoms with E-state index in [2.05, 4.69) is 0 Å². The molecule has 7 heteroatoms. The van der Waals surface area contributed by atoms with E-state index < -0.39 is 0 Å². The lowest BCUT2D eigenvalue weighted by Crippen LogP contribution is -2.22. The molecule has 1 saturated heterocycles. The number of ether oxygens (including phenoxy) is 2. The van der Waals surface area contributed by atoms with E-state index in [9.17, 15) is 4.79 Å². The van der Waals surface area contributed by atoms with Gasteiger partial charge in [-0.15, -0.1) is 0 Å². The third kappa shape index (κ3) is 4.51. The van der Waals surface area contributed by atoms with Gasteiger partial charge in [0.2, 0.25) is 0 Å². The van der Waals surface area contributed by atoms with Crippen LogP contribution in [-0.4, -0.2) is 28.8 Å². The Kier molecular flexibility index (Phi) is 6.65. The molecule has 0 aliphatic carbocycles. The zero-order valence-corrected chi connectivity index (χ0v) is 18.2. The number of nitrogens with zero attached hydrogens (tertiary/aromatic N) is 1. The summed E-state index contributed by atoms with van der Waals surface area (Å²) in [5, 5.41) is 0.428. The first-order valence-electron chi connectivity index (χ1n) is 8.76. The minimum absolute atomic E-state index is 0.121. The molecule has 0 radical (unpaired) electrons. The third-order valence-electron chi connectivity index (χ3n) is 4.25. The summed E-state index contributed by atoms with van der Waals surface area (Å²) in [6.45, 7) is 4.79. The normalized spacial score (nSPS) is 15.4. The largest absolute Gasteiger partial charge is 0.490 e. The van der Waals surface area contributed by atoms with Gasteiger partial charge in [-0.25, -0.2) is 0 Å². The first-order valence-corrected chi connectivity index (χ1v) is 10.4. The monoisotopic (exact) mass is 433 g/mol. The predicted octanol–water partition coefficient (Wildman–Crippen LogP) is 5.46. The van der Waals surface area contributed by atoms with Crippen LogP contribution in [-0.2, 0) is 11.4 Å². The van der Waals surface area contributed by atoms with Crippen LogP contribution in [0, 0.1) is 6.92 Å². The smallest absolute Gasteiger partial charge is 0.265 e. The maximum Gasteiger partial charge on any atom is 0.265 e. The number of benzene rings is 2. The highest BCUT2D eigenvalue weighted by Gasteiger charge is 2.28. The number of thioether (sulfide) groups is 1. The summed E-state index contributed by atoms with van der Waals surface area (Å²) in [5.41, 5.74) is 2.98. The molecule has 2 aromatic rings. The second-order valence-corrected chi connectivity index (χ2v) is 8.30. The average molecular weight is 434 g/mol. The van der Waals surface area contributed by atoms with E-state index in [0.29, 0.717) is 39.0 Å². The zero-order valence-electron chi connectivity index (χ0n) is 15.8. The highest BCUT2D eigenvalue weighted by atomic mass is 35.5. The van der Waals surface area contributed by atoms with Gasteiger partial charge in [0.1, 0.15) is 10.9 Å². The van der Waals surface area contributed by atoms with Crippen molar-refractivity contribution in [2.24, 2.45) is 0 Å². The van der Waals surface area contributed by atoms with Gasteiger partial charge in [0.05, 0.1) is 16.5 Å². The van der Waals surface area contributed by atoms with E-state index in [1.807, 2.05) is 44.2 Å². The van der Waals surface area contributed by atoms with Crippen molar-refractivity contribution < 1.29 is 14.3 Å². The van der Waals surface area contributed by atoms with Crippen LogP contribution < -0.4 is 9.47 Å². The maximum absolute atomic E-state index is 12.2. The molecular formula is C21H20ClNO3S2. The molecular weight excluding hydrogens is 414 g/mol. The van der Waals surface area contributed by atoms with Gasteiger partial charge in [-0.1, -0.05) is 59.8 Å². The van der Waals surface area contributed by atoms with Crippen molar-refractivity contribution in [1.82, 2.24) is 4.90 Å². The Balaban J connectivity index is 1.89. The number of aryl methyl sites for hydroxylation is 1. The molecule has 0 bridgehead atoms. The quantitative estimate of drug-likeness (QED) is 0.447. The summed E-state index contributed by atoms with van der Waals surface area (Å²) >= 11 is 12.9. The van der Waals surface area contributed by atoms with Crippen LogP contribution in [0.4, 0.5) is 0 Å². The van der Waals surface area contributed by atoms with Gasteiger partial charge >= 0.3 is 0 Å². The topological polar surface area (TPSA) is 38.8 Å². The molecule has 28 heavy (non-hydrogen) atoms. The Morgan fingerprint density at radius 2 is 2.00 bits per heavy atom. The molecule has 4 nitrogen and oxygen atoms in total. The Labute approximate surface area is 179 Å². The van der Waals surface area contributed by atoms with Crippen molar-refractivity contribution in [2.45, 2.75) is 20.5 Å². The number of thiocarbonyl (C=S) groups is 1. The van der Waals surface area contributed by atoms with Crippen molar-refractivity contribution in [3.05, 3.63) is 63.0 Å². The molecule has 0 unspecified atom stereocenters. The number of hydrogen-bond acceptors (Lipinski definition) is 5. The number of carbonyl (C=O) groups excluding carboxylic acids is 1. The standard InChI is InChI=1S/C21H20ClNO3S2/c1-4-25-17-10-14(11-18-20(24)23(3)21(27)28-18)9-16(22)19(17)26-12-15-8-6-5-7-13(15)2/h5-11H,4,12H2,1-3H3/b18-11+. The molecule has 146 valence electrons. The zero-order chi connectivity index (χ0) is 20.3. The first-order chi connectivity index (χ1) is 13.4. The maximum atomic E-state index is 12.2. The molecule has 0 spiro atoms. The number of amides is 1. The van der Waals surface area contributed by atoms with Crippen LogP contribution in [0.2, 0.25) is 5.02 Å². The van der Waals surface area contributed by atoms with Crippen molar-refractivity contribution >= 4 is 51.9 Å². The Bertz CT molecular complexity index is 959. The van der Waals surface area contributed by atoms with Crippen molar-refractivity contribution in [3.8, 4) is 11.5 Å². The number of hydrogen-bond donors (Lipinski definition) is 0. The molecule has 0 saturated carbocycles. The SMILES string of the molecule is CCOc1cc(/C=C2/SC(=S)N(C)C2=O)cc(Cl)c1OCc1ccccc1C. The fourth-order valence-corrected chi connectivity index (χ4v) is 4.15. The number of rotatable bonds is 6. The summed E-state index contributed by atoms with van der Waals surface area (Å²) in [6.07, 6.45) is 1.77. The summed E-state index contributed by atoms with van der Waals surface area (Å²) in [5.74, 6) is 0.915. The summed E-state index contributed by atoms with van der Waals surface area (Å²) < 4.78 is 12.3.